The molecule has 1 fully saturated rings. The highest BCUT2D eigenvalue weighted by molar-refractivity contribution is 5.35. The molecule has 0 saturated carbocycles. The first-order valence-electron chi connectivity index (χ1n) is 6.50. The fourth-order valence-corrected chi connectivity index (χ4v) is 2.36. The van der Waals surface area contributed by atoms with Gasteiger partial charge in [0.15, 0.2) is 0 Å². The van der Waals surface area contributed by atoms with Crippen LogP contribution in [0.2, 0.25) is 0 Å². The zero-order chi connectivity index (χ0) is 13.7. The average molecular weight is 268 g/mol. The predicted octanol–water partition coefficient (Wildman–Crippen LogP) is 0.630. The fourth-order valence-electron chi connectivity index (χ4n) is 2.36. The minimum absolute atomic E-state index is 0.216. The van der Waals surface area contributed by atoms with Crippen molar-refractivity contribution in [1.82, 2.24) is 15.0 Å². The first-order chi connectivity index (χ1) is 9.28. The van der Waals surface area contributed by atoms with Crippen molar-refractivity contribution < 1.29 is 14.6 Å². The summed E-state index contributed by atoms with van der Waals surface area (Å²) in [4.78, 5) is 14.7. The van der Waals surface area contributed by atoms with Gasteiger partial charge in [-0.25, -0.2) is 0 Å². The molecule has 7 heteroatoms. The molecule has 1 aromatic rings. The van der Waals surface area contributed by atoms with Crippen LogP contribution in [0, 0.1) is 0 Å². The van der Waals surface area contributed by atoms with Crippen molar-refractivity contribution in [3.05, 3.63) is 0 Å². The van der Waals surface area contributed by atoms with E-state index in [1.165, 1.54) is 14.2 Å². The summed E-state index contributed by atoms with van der Waals surface area (Å²) in [6.07, 6.45) is 3.93. The number of methoxy groups -OCH3 is 2. The van der Waals surface area contributed by atoms with Crippen LogP contribution < -0.4 is 14.4 Å². The lowest BCUT2D eigenvalue weighted by Crippen LogP contribution is -2.31. The number of anilines is 1. The van der Waals surface area contributed by atoms with Crippen LogP contribution in [0.3, 0.4) is 0 Å². The lowest BCUT2D eigenvalue weighted by Gasteiger charge is -2.24. The minimum atomic E-state index is 0.216. The molecule has 7 nitrogen and oxygen atoms in total. The zero-order valence-electron chi connectivity index (χ0n) is 11.4. The van der Waals surface area contributed by atoms with Crippen molar-refractivity contribution in [3.8, 4) is 12.0 Å². The molecule has 1 aromatic heterocycles. The van der Waals surface area contributed by atoms with Crippen molar-refractivity contribution >= 4 is 5.95 Å². The van der Waals surface area contributed by atoms with Gasteiger partial charge in [0.25, 0.3) is 0 Å². The first kappa shape index (κ1) is 13.8. The maximum absolute atomic E-state index is 8.95. The van der Waals surface area contributed by atoms with Gasteiger partial charge in [-0.1, -0.05) is 0 Å². The van der Waals surface area contributed by atoms with Crippen LogP contribution in [0.15, 0.2) is 0 Å². The molecule has 0 bridgehead atoms. The Labute approximate surface area is 112 Å². The van der Waals surface area contributed by atoms with E-state index in [-0.39, 0.29) is 18.6 Å². The summed E-state index contributed by atoms with van der Waals surface area (Å²) in [5.74, 6) is 0.587. The molecular weight excluding hydrogens is 248 g/mol. The van der Waals surface area contributed by atoms with Gasteiger partial charge in [-0.2, -0.15) is 9.97 Å². The van der Waals surface area contributed by atoms with E-state index in [4.69, 9.17) is 14.6 Å². The third-order valence-electron chi connectivity index (χ3n) is 3.28. The Bertz CT molecular complexity index is 394. The van der Waals surface area contributed by atoms with Gasteiger partial charge in [0.2, 0.25) is 5.95 Å². The van der Waals surface area contributed by atoms with E-state index in [2.05, 4.69) is 19.9 Å². The van der Waals surface area contributed by atoms with E-state index >= 15 is 0 Å². The van der Waals surface area contributed by atoms with Gasteiger partial charge in [0.05, 0.1) is 14.2 Å². The number of rotatable bonds is 6. The number of aliphatic hydroxyl groups is 1. The van der Waals surface area contributed by atoms with Crippen LogP contribution in [-0.4, -0.2) is 53.5 Å². The monoisotopic (exact) mass is 268 g/mol. The van der Waals surface area contributed by atoms with Crippen LogP contribution in [0.4, 0.5) is 5.95 Å². The van der Waals surface area contributed by atoms with Crippen LogP contribution >= 0.6 is 0 Å². The van der Waals surface area contributed by atoms with Crippen LogP contribution in [0.5, 0.6) is 12.0 Å². The molecule has 1 atom stereocenters. The minimum Gasteiger partial charge on any atom is -0.467 e. The van der Waals surface area contributed by atoms with E-state index in [1.54, 1.807) is 0 Å². The molecule has 1 aliphatic rings. The summed E-state index contributed by atoms with van der Waals surface area (Å²) in [6, 6.07) is 0.883. The van der Waals surface area contributed by atoms with Gasteiger partial charge in [0.1, 0.15) is 0 Å². The number of ether oxygens (including phenoxy) is 2. The Morgan fingerprint density at radius 2 is 1.89 bits per heavy atom. The molecule has 1 aliphatic heterocycles. The third-order valence-corrected chi connectivity index (χ3v) is 3.28. The maximum atomic E-state index is 8.95. The van der Waals surface area contributed by atoms with Crippen LogP contribution in [-0.2, 0) is 0 Å². The first-order valence-corrected chi connectivity index (χ1v) is 6.50. The Balaban J connectivity index is 2.19. The largest absolute Gasteiger partial charge is 0.467 e. The van der Waals surface area contributed by atoms with Crippen molar-refractivity contribution in [2.24, 2.45) is 0 Å². The molecule has 1 unspecified atom stereocenters. The molecule has 106 valence electrons. The Morgan fingerprint density at radius 1 is 1.21 bits per heavy atom. The van der Waals surface area contributed by atoms with Gasteiger partial charge in [-0.3, -0.25) is 0 Å². The highest BCUT2D eigenvalue weighted by Gasteiger charge is 2.27. The summed E-state index contributed by atoms with van der Waals surface area (Å²) >= 11 is 0. The normalized spacial score (nSPS) is 18.7. The number of aromatic nitrogens is 3. The molecule has 2 heterocycles. The summed E-state index contributed by atoms with van der Waals surface area (Å²) in [7, 11) is 3.04. The van der Waals surface area contributed by atoms with Crippen molar-refractivity contribution in [3.63, 3.8) is 0 Å². The quantitative estimate of drug-likeness (QED) is 0.810. The van der Waals surface area contributed by atoms with E-state index < -0.39 is 0 Å². The molecule has 19 heavy (non-hydrogen) atoms. The van der Waals surface area contributed by atoms with E-state index in [0.29, 0.717) is 12.0 Å². The lowest BCUT2D eigenvalue weighted by molar-refractivity contribution is 0.279. The third kappa shape index (κ3) is 3.23. The Hall–Kier alpha value is -1.63. The highest BCUT2D eigenvalue weighted by atomic mass is 16.5. The fraction of sp³-hybridized carbons (Fsp3) is 0.750. The summed E-state index contributed by atoms with van der Waals surface area (Å²) in [6.45, 7) is 1.13. The van der Waals surface area contributed by atoms with Crippen LogP contribution in [0.1, 0.15) is 25.7 Å². The van der Waals surface area contributed by atoms with Gasteiger partial charge in [-0.15, -0.1) is 4.98 Å². The van der Waals surface area contributed by atoms with Crippen LogP contribution in [0.25, 0.3) is 0 Å². The Morgan fingerprint density at radius 3 is 2.47 bits per heavy atom. The molecule has 0 spiro atoms. The summed E-state index contributed by atoms with van der Waals surface area (Å²) in [5, 5.41) is 8.95. The van der Waals surface area contributed by atoms with Crippen molar-refractivity contribution in [2.45, 2.75) is 31.7 Å². The van der Waals surface area contributed by atoms with Gasteiger partial charge < -0.3 is 19.5 Å². The lowest BCUT2D eigenvalue weighted by atomic mass is 10.1. The molecule has 0 radical (unpaired) electrons. The number of aliphatic hydroxyl groups excluding tert-OH is 1. The second kappa shape index (κ2) is 6.51. The second-order valence-electron chi connectivity index (χ2n) is 4.46. The summed E-state index contributed by atoms with van der Waals surface area (Å²) in [5.41, 5.74) is 0. The molecule has 1 saturated heterocycles. The second-order valence-corrected chi connectivity index (χ2v) is 4.46. The summed E-state index contributed by atoms with van der Waals surface area (Å²) < 4.78 is 10.1. The molecule has 1 N–H and O–H groups in total. The van der Waals surface area contributed by atoms with Gasteiger partial charge in [-0.05, 0) is 25.7 Å². The number of hydrogen-bond acceptors (Lipinski definition) is 7. The highest BCUT2D eigenvalue weighted by Crippen LogP contribution is 2.27. The molecule has 0 aliphatic carbocycles. The smallest absolute Gasteiger partial charge is 0.324 e. The standard InChI is InChI=1S/C12H20N4O3/c1-18-11-13-10(14-12(15-11)19-2)16-7-3-5-9(16)6-4-8-17/h9,17H,3-8H2,1-2H3. The molecule has 0 amide bonds. The average Bonchev–Trinajstić information content (AvgIpc) is 2.92. The molecular formula is C12H20N4O3. The predicted molar refractivity (Wildman–Crippen MR) is 69.6 cm³/mol. The van der Waals surface area contributed by atoms with E-state index in [9.17, 15) is 0 Å². The van der Waals surface area contributed by atoms with Gasteiger partial charge in [0, 0.05) is 19.2 Å². The zero-order valence-corrected chi connectivity index (χ0v) is 11.4. The number of hydrogen-bond donors (Lipinski definition) is 1. The number of nitrogens with zero attached hydrogens (tertiary/aromatic N) is 4. The Kier molecular flexibility index (Phi) is 4.73. The maximum Gasteiger partial charge on any atom is 0.324 e. The molecule has 0 aromatic carbocycles. The van der Waals surface area contributed by atoms with Crippen molar-refractivity contribution in [2.75, 3.05) is 32.3 Å². The van der Waals surface area contributed by atoms with E-state index in [1.807, 2.05) is 0 Å². The topological polar surface area (TPSA) is 80.6 Å². The van der Waals surface area contributed by atoms with E-state index in [0.717, 1.165) is 32.2 Å². The van der Waals surface area contributed by atoms with Crippen molar-refractivity contribution in [1.29, 1.82) is 0 Å². The van der Waals surface area contributed by atoms with Gasteiger partial charge >= 0.3 is 12.0 Å². The SMILES string of the molecule is COc1nc(OC)nc(N2CCCC2CCCO)n1. The molecule has 2 rings (SSSR count).